The van der Waals surface area contributed by atoms with Gasteiger partial charge in [0.05, 0.1) is 6.04 Å². The van der Waals surface area contributed by atoms with Crippen LogP contribution in [0.4, 0.5) is 8.78 Å². The Bertz CT molecular complexity index is 1210. The van der Waals surface area contributed by atoms with Gasteiger partial charge in [0.25, 0.3) is 11.8 Å². The van der Waals surface area contributed by atoms with E-state index in [0.717, 1.165) is 18.9 Å². The van der Waals surface area contributed by atoms with Crippen LogP contribution in [-0.2, 0) is 16.0 Å². The van der Waals surface area contributed by atoms with Gasteiger partial charge < -0.3 is 26.6 Å². The highest BCUT2D eigenvalue weighted by Crippen LogP contribution is 2.13. The van der Waals surface area contributed by atoms with E-state index in [1.54, 1.807) is 43.9 Å². The van der Waals surface area contributed by atoms with Gasteiger partial charge in [-0.3, -0.25) is 19.2 Å². The van der Waals surface area contributed by atoms with Crippen molar-refractivity contribution in [2.75, 3.05) is 19.6 Å². The molecular weight excluding hydrogens is 544 g/mol. The molecule has 5 N–H and O–H groups in total. The van der Waals surface area contributed by atoms with Gasteiger partial charge in [-0.1, -0.05) is 33.8 Å². The summed E-state index contributed by atoms with van der Waals surface area (Å²) in [4.78, 5) is 52.5. The second-order valence-electron chi connectivity index (χ2n) is 10.8. The van der Waals surface area contributed by atoms with Crippen molar-refractivity contribution in [1.29, 1.82) is 0 Å². The van der Waals surface area contributed by atoms with E-state index in [0.29, 0.717) is 24.2 Å². The summed E-state index contributed by atoms with van der Waals surface area (Å²) in [6.07, 6.45) is 1.66. The van der Waals surface area contributed by atoms with Crippen LogP contribution in [-0.4, -0.2) is 66.3 Å². The fourth-order valence-corrected chi connectivity index (χ4v) is 4.54. The van der Waals surface area contributed by atoms with Crippen molar-refractivity contribution in [3.63, 3.8) is 0 Å². The van der Waals surface area contributed by atoms with Crippen LogP contribution in [0.15, 0.2) is 42.5 Å². The first kappa shape index (κ1) is 34.3. The van der Waals surface area contributed by atoms with Crippen molar-refractivity contribution in [2.45, 2.75) is 72.0 Å². The Kier molecular flexibility index (Phi) is 13.5. The molecule has 0 bridgehead atoms. The Labute approximate surface area is 246 Å². The van der Waals surface area contributed by atoms with Crippen LogP contribution in [0.2, 0.25) is 0 Å². The molecule has 0 saturated heterocycles. The van der Waals surface area contributed by atoms with E-state index < -0.39 is 47.5 Å². The molecular formula is C31H43F2N5O4. The summed E-state index contributed by atoms with van der Waals surface area (Å²) in [5, 5.41) is 8.49. The largest absolute Gasteiger partial charge is 0.368 e. The molecule has 2 aromatic carbocycles. The Hall–Kier alpha value is -3.86. The number of carbonyl (C=O) groups is 4. The van der Waals surface area contributed by atoms with Crippen molar-refractivity contribution in [3.8, 4) is 0 Å². The number of nitrogens with zero attached hydrogens (tertiary/aromatic N) is 1. The SMILES string of the molecule is CCCN(CCC)C(=O)c1cccc(C(=O)NC(CNC(C)C(=O)NC(C(N)=O)C(C)C)Cc2cc(F)cc(F)c2)c1. The van der Waals surface area contributed by atoms with E-state index in [2.05, 4.69) is 16.0 Å². The van der Waals surface area contributed by atoms with E-state index in [9.17, 15) is 28.0 Å². The van der Waals surface area contributed by atoms with Gasteiger partial charge in [0.2, 0.25) is 11.8 Å². The molecule has 0 radical (unpaired) electrons. The minimum atomic E-state index is -0.854. The van der Waals surface area contributed by atoms with Gasteiger partial charge in [0.15, 0.2) is 0 Å². The third-order valence-corrected chi connectivity index (χ3v) is 6.72. The Balaban J connectivity index is 2.23. The molecule has 0 fully saturated rings. The summed E-state index contributed by atoms with van der Waals surface area (Å²) in [7, 11) is 0. The molecule has 9 nitrogen and oxygen atoms in total. The van der Waals surface area contributed by atoms with Crippen LogP contribution >= 0.6 is 0 Å². The van der Waals surface area contributed by atoms with Gasteiger partial charge in [-0.25, -0.2) is 8.78 Å². The number of primary amides is 1. The second kappa shape index (κ2) is 16.5. The minimum absolute atomic E-state index is 0.0526. The third kappa shape index (κ3) is 10.5. The maximum absolute atomic E-state index is 13.9. The lowest BCUT2D eigenvalue weighted by Gasteiger charge is -2.25. The van der Waals surface area contributed by atoms with Gasteiger partial charge in [-0.2, -0.15) is 0 Å². The molecule has 0 spiro atoms. The molecule has 3 atom stereocenters. The van der Waals surface area contributed by atoms with E-state index in [1.165, 1.54) is 18.2 Å². The van der Waals surface area contributed by atoms with Gasteiger partial charge in [-0.15, -0.1) is 0 Å². The van der Waals surface area contributed by atoms with Crippen molar-refractivity contribution in [1.82, 2.24) is 20.9 Å². The number of nitrogens with two attached hydrogens (primary N) is 1. The monoisotopic (exact) mass is 587 g/mol. The molecule has 0 heterocycles. The number of carbonyl (C=O) groups excluding carboxylic acids is 4. The first-order valence-electron chi connectivity index (χ1n) is 14.3. The lowest BCUT2D eigenvalue weighted by molar-refractivity contribution is -0.129. The van der Waals surface area contributed by atoms with Crippen LogP contribution in [0.5, 0.6) is 0 Å². The standard InChI is InChI=1S/C31H43F2N5O4/c1-6-11-38(12-7-2)31(42)23-10-8-9-22(16-23)30(41)36-26(15-21-13-24(32)17-25(33)14-21)18-35-20(5)29(40)37-27(19(3)4)28(34)39/h8-10,13-14,16-17,19-20,26-27,35H,6-7,11-12,15,18H2,1-5H3,(H2,34,39)(H,36,41)(H,37,40). The molecule has 4 amide bonds. The molecule has 0 aliphatic carbocycles. The zero-order valence-corrected chi connectivity index (χ0v) is 25.0. The zero-order valence-electron chi connectivity index (χ0n) is 25.0. The zero-order chi connectivity index (χ0) is 31.4. The molecule has 11 heteroatoms. The molecule has 0 aliphatic rings. The Morgan fingerprint density at radius 2 is 1.48 bits per heavy atom. The normalized spacial score (nSPS) is 13.2. The van der Waals surface area contributed by atoms with E-state index in [4.69, 9.17) is 5.73 Å². The summed E-state index contributed by atoms with van der Waals surface area (Å²) in [6, 6.07) is 7.17. The van der Waals surface area contributed by atoms with Crippen molar-refractivity contribution < 1.29 is 28.0 Å². The number of rotatable bonds is 16. The smallest absolute Gasteiger partial charge is 0.253 e. The molecule has 0 aromatic heterocycles. The van der Waals surface area contributed by atoms with E-state index in [1.807, 2.05) is 13.8 Å². The average molecular weight is 588 g/mol. The number of hydrogen-bond donors (Lipinski definition) is 4. The quantitative estimate of drug-likeness (QED) is 0.240. The lowest BCUT2D eigenvalue weighted by atomic mass is 10.0. The molecule has 0 aliphatic heterocycles. The topological polar surface area (TPSA) is 134 Å². The van der Waals surface area contributed by atoms with E-state index in [-0.39, 0.29) is 30.4 Å². The molecule has 2 rings (SSSR count). The first-order valence-corrected chi connectivity index (χ1v) is 14.3. The number of hydrogen-bond acceptors (Lipinski definition) is 5. The number of nitrogens with one attached hydrogen (secondary N) is 3. The van der Waals surface area contributed by atoms with Crippen molar-refractivity contribution >= 4 is 23.6 Å². The highest BCUT2D eigenvalue weighted by Gasteiger charge is 2.25. The minimum Gasteiger partial charge on any atom is -0.368 e. The summed E-state index contributed by atoms with van der Waals surface area (Å²) >= 11 is 0. The maximum atomic E-state index is 13.9. The predicted molar refractivity (Wildman–Crippen MR) is 158 cm³/mol. The van der Waals surface area contributed by atoms with Crippen LogP contribution < -0.4 is 21.7 Å². The Morgan fingerprint density at radius 1 is 0.881 bits per heavy atom. The summed E-state index contributed by atoms with van der Waals surface area (Å²) in [6.45, 7) is 10.3. The molecule has 3 unspecified atom stereocenters. The van der Waals surface area contributed by atoms with Crippen LogP contribution in [0.1, 0.15) is 73.7 Å². The lowest BCUT2D eigenvalue weighted by Crippen LogP contribution is -2.54. The van der Waals surface area contributed by atoms with E-state index >= 15 is 0 Å². The molecule has 42 heavy (non-hydrogen) atoms. The fraction of sp³-hybridized carbons (Fsp3) is 0.484. The number of halogens is 2. The molecule has 0 saturated carbocycles. The van der Waals surface area contributed by atoms with Gasteiger partial charge in [0.1, 0.15) is 17.7 Å². The fourth-order valence-electron chi connectivity index (χ4n) is 4.54. The highest BCUT2D eigenvalue weighted by molar-refractivity contribution is 5.99. The number of benzene rings is 2. The Morgan fingerprint density at radius 3 is 2.02 bits per heavy atom. The summed E-state index contributed by atoms with van der Waals surface area (Å²) in [5.74, 6) is -3.50. The van der Waals surface area contributed by atoms with Crippen molar-refractivity contribution in [3.05, 3.63) is 70.8 Å². The highest BCUT2D eigenvalue weighted by atomic mass is 19.1. The summed E-state index contributed by atoms with van der Waals surface area (Å²) in [5.41, 5.74) is 6.33. The van der Waals surface area contributed by atoms with Gasteiger partial charge >= 0.3 is 0 Å². The predicted octanol–water partition coefficient (Wildman–Crippen LogP) is 3.17. The summed E-state index contributed by atoms with van der Waals surface area (Å²) < 4.78 is 27.8. The van der Waals surface area contributed by atoms with Crippen LogP contribution in [0.3, 0.4) is 0 Å². The maximum Gasteiger partial charge on any atom is 0.253 e. The number of amides is 4. The second-order valence-corrected chi connectivity index (χ2v) is 10.8. The average Bonchev–Trinajstić information content (AvgIpc) is 2.92. The first-order chi connectivity index (χ1) is 19.9. The molecule has 230 valence electrons. The van der Waals surface area contributed by atoms with Crippen molar-refractivity contribution in [2.24, 2.45) is 11.7 Å². The van der Waals surface area contributed by atoms with Gasteiger partial charge in [-0.05, 0) is 68.0 Å². The van der Waals surface area contributed by atoms with Gasteiger partial charge in [0, 0.05) is 42.9 Å². The van der Waals surface area contributed by atoms with Crippen LogP contribution in [0, 0.1) is 17.6 Å². The molecule has 2 aromatic rings. The van der Waals surface area contributed by atoms with Crippen LogP contribution in [0.25, 0.3) is 0 Å². The third-order valence-electron chi connectivity index (χ3n) is 6.72.